The van der Waals surface area contributed by atoms with E-state index in [1.807, 2.05) is 60.7 Å². The fourth-order valence-electron chi connectivity index (χ4n) is 3.61. The number of aromatic nitrogens is 1. The number of hydrogen-bond donors (Lipinski definition) is 2. The zero-order valence-corrected chi connectivity index (χ0v) is 18.1. The molecule has 3 N–H and O–H groups in total. The molecule has 6 heteroatoms. The van der Waals surface area contributed by atoms with Gasteiger partial charge in [0, 0.05) is 23.3 Å². The molecule has 0 aliphatic carbocycles. The molecule has 3 aromatic carbocycles. The molecule has 0 fully saturated rings. The number of nitrogens with two attached hydrogens (primary N) is 1. The van der Waals surface area contributed by atoms with Crippen LogP contribution in [0, 0.1) is 0 Å². The lowest BCUT2D eigenvalue weighted by Crippen LogP contribution is -2.14. The van der Waals surface area contributed by atoms with Gasteiger partial charge in [-0.1, -0.05) is 55.5 Å². The van der Waals surface area contributed by atoms with Crippen LogP contribution in [0.25, 0.3) is 10.9 Å². The number of methoxy groups -OCH3 is 1. The maximum Gasteiger partial charge on any atom is 0.252 e. The van der Waals surface area contributed by atoms with Gasteiger partial charge in [-0.05, 0) is 29.7 Å². The van der Waals surface area contributed by atoms with Crippen LogP contribution >= 0.6 is 0 Å². The Hall–Kier alpha value is -4.06. The molecule has 0 saturated carbocycles. The maximum atomic E-state index is 12.2. The van der Waals surface area contributed by atoms with Gasteiger partial charge < -0.3 is 20.5 Å². The number of pyridine rings is 1. The number of carbonyl (C=O) groups excluding carboxylic acids is 1. The molecule has 1 aromatic heterocycles. The SMILES string of the molecule is CCc1ccccc1Nc1c(C(N)=O)cnc2cc(OC)c(OCc3ccccc3)cc12. The Balaban J connectivity index is 1.82. The number of amides is 1. The molecule has 1 amide bonds. The molecule has 32 heavy (non-hydrogen) atoms. The van der Waals surface area contributed by atoms with Gasteiger partial charge in [-0.3, -0.25) is 9.78 Å². The van der Waals surface area contributed by atoms with Gasteiger partial charge in [-0.15, -0.1) is 0 Å². The molecule has 0 aliphatic rings. The van der Waals surface area contributed by atoms with E-state index in [-0.39, 0.29) is 0 Å². The third kappa shape index (κ3) is 4.34. The zero-order chi connectivity index (χ0) is 22.5. The van der Waals surface area contributed by atoms with Crippen molar-refractivity contribution >= 4 is 28.2 Å². The molecule has 0 unspecified atom stereocenters. The molecule has 4 aromatic rings. The van der Waals surface area contributed by atoms with Crippen LogP contribution in [0.5, 0.6) is 11.5 Å². The Morgan fingerprint density at radius 1 is 1.03 bits per heavy atom. The van der Waals surface area contributed by atoms with Crippen molar-refractivity contribution in [3.05, 3.63) is 89.6 Å². The smallest absolute Gasteiger partial charge is 0.252 e. The van der Waals surface area contributed by atoms with Crippen molar-refractivity contribution in [1.82, 2.24) is 4.98 Å². The number of nitrogens with zero attached hydrogens (tertiary/aromatic N) is 1. The second kappa shape index (κ2) is 9.39. The van der Waals surface area contributed by atoms with Gasteiger partial charge >= 0.3 is 0 Å². The van der Waals surface area contributed by atoms with E-state index in [0.29, 0.717) is 34.9 Å². The summed E-state index contributed by atoms with van der Waals surface area (Å²) in [5.74, 6) is 0.560. The number of nitrogens with one attached hydrogen (secondary N) is 1. The highest BCUT2D eigenvalue weighted by Gasteiger charge is 2.18. The number of aryl methyl sites for hydroxylation is 1. The first-order valence-corrected chi connectivity index (χ1v) is 10.4. The summed E-state index contributed by atoms with van der Waals surface area (Å²) in [6, 6.07) is 21.5. The standard InChI is InChI=1S/C26H25N3O3/c1-3-18-11-7-8-12-21(18)29-25-19-13-24(32-16-17-9-5-4-6-10-17)23(31-2)14-22(19)28-15-20(25)26(27)30/h4-15H,3,16H2,1-2H3,(H2,27,30)(H,28,29). The highest BCUT2D eigenvalue weighted by atomic mass is 16.5. The fourth-order valence-corrected chi connectivity index (χ4v) is 3.61. The van der Waals surface area contributed by atoms with Crippen LogP contribution in [0.1, 0.15) is 28.4 Å². The fraction of sp³-hybridized carbons (Fsp3) is 0.154. The van der Waals surface area contributed by atoms with Crippen LogP contribution in [0.3, 0.4) is 0 Å². The van der Waals surface area contributed by atoms with Crippen molar-refractivity contribution in [2.75, 3.05) is 12.4 Å². The molecule has 0 spiro atoms. The van der Waals surface area contributed by atoms with Gasteiger partial charge in [-0.2, -0.15) is 0 Å². The summed E-state index contributed by atoms with van der Waals surface area (Å²) >= 11 is 0. The van der Waals surface area contributed by atoms with Gasteiger partial charge in [0.25, 0.3) is 5.91 Å². The lowest BCUT2D eigenvalue weighted by Gasteiger charge is -2.17. The van der Waals surface area contributed by atoms with Gasteiger partial charge in [-0.25, -0.2) is 0 Å². The molecule has 0 atom stereocenters. The summed E-state index contributed by atoms with van der Waals surface area (Å²) in [4.78, 5) is 16.7. The van der Waals surface area contributed by atoms with Crippen LogP contribution in [0.2, 0.25) is 0 Å². The van der Waals surface area contributed by atoms with E-state index in [0.717, 1.165) is 28.6 Å². The minimum atomic E-state index is -0.557. The zero-order valence-electron chi connectivity index (χ0n) is 18.1. The Kier molecular flexibility index (Phi) is 6.22. The number of para-hydroxylation sites is 1. The van der Waals surface area contributed by atoms with Crippen molar-refractivity contribution in [1.29, 1.82) is 0 Å². The first-order chi connectivity index (χ1) is 15.6. The second-order valence-corrected chi connectivity index (χ2v) is 7.34. The highest BCUT2D eigenvalue weighted by molar-refractivity contribution is 6.08. The van der Waals surface area contributed by atoms with Crippen LogP contribution in [0.4, 0.5) is 11.4 Å². The maximum absolute atomic E-state index is 12.2. The van der Waals surface area contributed by atoms with E-state index >= 15 is 0 Å². The van der Waals surface area contributed by atoms with E-state index in [9.17, 15) is 4.79 Å². The summed E-state index contributed by atoms with van der Waals surface area (Å²) in [5.41, 5.74) is 10.3. The summed E-state index contributed by atoms with van der Waals surface area (Å²) in [6.07, 6.45) is 2.34. The lowest BCUT2D eigenvalue weighted by atomic mass is 10.1. The number of benzene rings is 3. The summed E-state index contributed by atoms with van der Waals surface area (Å²) in [6.45, 7) is 2.47. The Labute approximate surface area is 187 Å². The first kappa shape index (κ1) is 21.2. The van der Waals surface area contributed by atoms with E-state index < -0.39 is 5.91 Å². The van der Waals surface area contributed by atoms with E-state index in [2.05, 4.69) is 17.2 Å². The Morgan fingerprint density at radius 3 is 2.50 bits per heavy atom. The molecular weight excluding hydrogens is 402 g/mol. The average Bonchev–Trinajstić information content (AvgIpc) is 2.83. The largest absolute Gasteiger partial charge is 0.493 e. The van der Waals surface area contributed by atoms with E-state index in [4.69, 9.17) is 15.2 Å². The van der Waals surface area contributed by atoms with Crippen molar-refractivity contribution in [2.45, 2.75) is 20.0 Å². The second-order valence-electron chi connectivity index (χ2n) is 7.34. The molecule has 0 aliphatic heterocycles. The number of anilines is 2. The third-order valence-electron chi connectivity index (χ3n) is 5.31. The summed E-state index contributed by atoms with van der Waals surface area (Å²) < 4.78 is 11.6. The minimum Gasteiger partial charge on any atom is -0.493 e. The molecule has 162 valence electrons. The third-order valence-corrected chi connectivity index (χ3v) is 5.31. The monoisotopic (exact) mass is 427 g/mol. The predicted octanol–water partition coefficient (Wildman–Crippen LogP) is 5.23. The molecule has 4 rings (SSSR count). The van der Waals surface area contributed by atoms with Crippen molar-refractivity contribution in [3.8, 4) is 11.5 Å². The topological polar surface area (TPSA) is 86.5 Å². The number of carbonyl (C=O) groups is 1. The molecular formula is C26H25N3O3. The molecule has 0 bridgehead atoms. The molecule has 0 radical (unpaired) electrons. The summed E-state index contributed by atoms with van der Waals surface area (Å²) in [7, 11) is 1.59. The van der Waals surface area contributed by atoms with Crippen molar-refractivity contribution in [2.24, 2.45) is 5.73 Å². The number of ether oxygens (including phenoxy) is 2. The number of primary amides is 1. The predicted molar refractivity (Wildman–Crippen MR) is 127 cm³/mol. The number of rotatable bonds is 8. The highest BCUT2D eigenvalue weighted by Crippen LogP contribution is 2.38. The minimum absolute atomic E-state index is 0.308. The first-order valence-electron chi connectivity index (χ1n) is 10.4. The van der Waals surface area contributed by atoms with Gasteiger partial charge in [0.05, 0.1) is 23.9 Å². The Bertz CT molecular complexity index is 1260. The van der Waals surface area contributed by atoms with Gasteiger partial charge in [0.15, 0.2) is 11.5 Å². The van der Waals surface area contributed by atoms with Crippen LogP contribution in [-0.4, -0.2) is 18.0 Å². The van der Waals surface area contributed by atoms with Crippen molar-refractivity contribution in [3.63, 3.8) is 0 Å². The van der Waals surface area contributed by atoms with E-state index in [1.165, 1.54) is 6.20 Å². The number of hydrogen-bond acceptors (Lipinski definition) is 5. The molecule has 6 nitrogen and oxygen atoms in total. The quantitative estimate of drug-likeness (QED) is 0.402. The van der Waals surface area contributed by atoms with Gasteiger partial charge in [0.2, 0.25) is 0 Å². The lowest BCUT2D eigenvalue weighted by molar-refractivity contribution is 0.100. The average molecular weight is 428 g/mol. The normalized spacial score (nSPS) is 10.7. The molecule has 1 heterocycles. The van der Waals surface area contributed by atoms with E-state index in [1.54, 1.807) is 13.2 Å². The van der Waals surface area contributed by atoms with Crippen LogP contribution < -0.4 is 20.5 Å². The Morgan fingerprint density at radius 2 is 1.78 bits per heavy atom. The number of fused-ring (bicyclic) bond motifs is 1. The molecule has 0 saturated heterocycles. The van der Waals surface area contributed by atoms with Crippen LogP contribution in [-0.2, 0) is 13.0 Å². The summed E-state index contributed by atoms with van der Waals surface area (Å²) in [5, 5.41) is 4.14. The van der Waals surface area contributed by atoms with Gasteiger partial charge in [0.1, 0.15) is 6.61 Å². The van der Waals surface area contributed by atoms with Crippen LogP contribution in [0.15, 0.2) is 72.9 Å². The van der Waals surface area contributed by atoms with Crippen molar-refractivity contribution < 1.29 is 14.3 Å².